The van der Waals surface area contributed by atoms with Gasteiger partial charge in [0.2, 0.25) is 0 Å². The van der Waals surface area contributed by atoms with Crippen molar-refractivity contribution in [2.45, 2.75) is 19.4 Å². The highest BCUT2D eigenvalue weighted by atomic mass is 16.7. The van der Waals surface area contributed by atoms with Gasteiger partial charge in [-0.3, -0.25) is 4.84 Å². The molecule has 0 aromatic rings. The van der Waals surface area contributed by atoms with Crippen LogP contribution in [0.4, 0.5) is 0 Å². The normalized spacial score (nSPS) is 22.5. The van der Waals surface area contributed by atoms with Gasteiger partial charge in [0.25, 0.3) is 0 Å². The minimum Gasteiger partial charge on any atom is -0.393 e. The van der Waals surface area contributed by atoms with Crippen molar-refractivity contribution in [3.05, 3.63) is 0 Å². The van der Waals surface area contributed by atoms with Gasteiger partial charge in [0.1, 0.15) is 0 Å². The standard InChI is InChI=1S/C8H18N2O2/c1-8(11)2-7-12-10-5-3-9-4-6-10/h8-9,11H,2-7H2,1H3/t8-/m0/s1. The minimum atomic E-state index is -0.257. The topological polar surface area (TPSA) is 44.7 Å². The monoisotopic (exact) mass is 174 g/mol. The Hall–Kier alpha value is -0.160. The van der Waals surface area contributed by atoms with Gasteiger partial charge >= 0.3 is 0 Å². The van der Waals surface area contributed by atoms with Gasteiger partial charge in [-0.25, -0.2) is 0 Å². The second kappa shape index (κ2) is 5.48. The lowest BCUT2D eigenvalue weighted by molar-refractivity contribution is -0.168. The zero-order valence-corrected chi connectivity index (χ0v) is 7.62. The maximum Gasteiger partial charge on any atom is 0.0709 e. The Balaban J connectivity index is 1.98. The third-order valence-electron chi connectivity index (χ3n) is 1.89. The summed E-state index contributed by atoms with van der Waals surface area (Å²) in [5.74, 6) is 0. The smallest absolute Gasteiger partial charge is 0.0709 e. The largest absolute Gasteiger partial charge is 0.393 e. The summed E-state index contributed by atoms with van der Waals surface area (Å²) in [7, 11) is 0. The maximum absolute atomic E-state index is 8.97. The van der Waals surface area contributed by atoms with E-state index in [2.05, 4.69) is 5.32 Å². The highest BCUT2D eigenvalue weighted by molar-refractivity contribution is 4.60. The molecule has 4 nitrogen and oxygen atoms in total. The molecule has 1 aliphatic rings. The van der Waals surface area contributed by atoms with Crippen LogP contribution in [0.1, 0.15) is 13.3 Å². The van der Waals surface area contributed by atoms with Gasteiger partial charge in [-0.2, -0.15) is 5.06 Å². The zero-order valence-electron chi connectivity index (χ0n) is 7.62. The SMILES string of the molecule is C[C@H](O)CCON1CCNCC1. The summed E-state index contributed by atoms with van der Waals surface area (Å²) in [6.07, 6.45) is 0.456. The van der Waals surface area contributed by atoms with Crippen molar-refractivity contribution < 1.29 is 9.94 Å². The van der Waals surface area contributed by atoms with E-state index in [-0.39, 0.29) is 6.10 Å². The summed E-state index contributed by atoms with van der Waals surface area (Å²) in [6.45, 7) is 6.28. The highest BCUT2D eigenvalue weighted by Gasteiger charge is 2.09. The molecule has 1 rings (SSSR count). The van der Waals surface area contributed by atoms with Crippen molar-refractivity contribution in [3.8, 4) is 0 Å². The lowest BCUT2D eigenvalue weighted by Gasteiger charge is -2.26. The molecule has 0 bridgehead atoms. The zero-order chi connectivity index (χ0) is 8.81. The molecule has 2 N–H and O–H groups in total. The van der Waals surface area contributed by atoms with Gasteiger partial charge in [0.15, 0.2) is 0 Å². The van der Waals surface area contributed by atoms with Gasteiger partial charge in [0, 0.05) is 26.2 Å². The van der Waals surface area contributed by atoms with E-state index >= 15 is 0 Å². The van der Waals surface area contributed by atoms with Crippen molar-refractivity contribution in [2.75, 3.05) is 32.8 Å². The average molecular weight is 174 g/mol. The molecule has 1 atom stereocenters. The molecular weight excluding hydrogens is 156 g/mol. The summed E-state index contributed by atoms with van der Waals surface area (Å²) >= 11 is 0. The number of aliphatic hydroxyl groups is 1. The lowest BCUT2D eigenvalue weighted by atomic mass is 10.3. The molecule has 0 unspecified atom stereocenters. The molecule has 1 aliphatic heterocycles. The highest BCUT2D eigenvalue weighted by Crippen LogP contribution is 1.96. The first kappa shape index (κ1) is 9.92. The number of nitrogens with one attached hydrogen (secondary N) is 1. The average Bonchev–Trinajstić information content (AvgIpc) is 2.05. The molecule has 4 heteroatoms. The van der Waals surface area contributed by atoms with Crippen LogP contribution in [0, 0.1) is 0 Å². The summed E-state index contributed by atoms with van der Waals surface area (Å²) in [6, 6.07) is 0. The van der Waals surface area contributed by atoms with Crippen LogP contribution in [0.15, 0.2) is 0 Å². The number of aliphatic hydroxyl groups excluding tert-OH is 1. The van der Waals surface area contributed by atoms with E-state index in [0.29, 0.717) is 13.0 Å². The van der Waals surface area contributed by atoms with Crippen molar-refractivity contribution in [1.82, 2.24) is 10.4 Å². The van der Waals surface area contributed by atoms with E-state index < -0.39 is 0 Å². The fourth-order valence-corrected chi connectivity index (χ4v) is 1.13. The molecule has 0 aliphatic carbocycles. The van der Waals surface area contributed by atoms with Gasteiger partial charge in [-0.15, -0.1) is 0 Å². The number of hydrogen-bond donors (Lipinski definition) is 2. The molecule has 0 saturated carbocycles. The second-order valence-corrected chi connectivity index (χ2v) is 3.15. The maximum atomic E-state index is 8.97. The van der Waals surface area contributed by atoms with Crippen LogP contribution in [0.25, 0.3) is 0 Å². The fraction of sp³-hybridized carbons (Fsp3) is 1.00. The molecular formula is C8H18N2O2. The fourth-order valence-electron chi connectivity index (χ4n) is 1.13. The molecule has 0 aromatic carbocycles. The van der Waals surface area contributed by atoms with E-state index in [1.165, 1.54) is 0 Å². The van der Waals surface area contributed by atoms with Gasteiger partial charge in [-0.05, 0) is 13.3 Å². The van der Waals surface area contributed by atoms with Crippen molar-refractivity contribution in [2.24, 2.45) is 0 Å². The van der Waals surface area contributed by atoms with Gasteiger partial charge in [0.05, 0.1) is 12.7 Å². The summed E-state index contributed by atoms with van der Waals surface area (Å²) in [4.78, 5) is 5.43. The number of nitrogens with zero attached hydrogens (tertiary/aromatic N) is 1. The minimum absolute atomic E-state index is 0.257. The summed E-state index contributed by atoms with van der Waals surface area (Å²) < 4.78 is 0. The molecule has 1 heterocycles. The molecule has 12 heavy (non-hydrogen) atoms. The Morgan fingerprint density at radius 1 is 1.50 bits per heavy atom. The van der Waals surface area contributed by atoms with Crippen LogP contribution in [-0.4, -0.2) is 49.1 Å². The quantitative estimate of drug-likeness (QED) is 0.608. The van der Waals surface area contributed by atoms with E-state index in [0.717, 1.165) is 26.2 Å². The number of hydroxylamine groups is 2. The van der Waals surface area contributed by atoms with E-state index in [1.807, 2.05) is 5.06 Å². The Labute approximate surface area is 73.5 Å². The lowest BCUT2D eigenvalue weighted by Crippen LogP contribution is -2.43. The molecule has 0 aromatic heterocycles. The Kier molecular flexibility index (Phi) is 4.53. The van der Waals surface area contributed by atoms with Gasteiger partial charge < -0.3 is 10.4 Å². The first-order chi connectivity index (χ1) is 5.79. The molecule has 1 fully saturated rings. The van der Waals surface area contributed by atoms with E-state index in [9.17, 15) is 0 Å². The third kappa shape index (κ3) is 4.01. The van der Waals surface area contributed by atoms with Crippen LogP contribution in [0.5, 0.6) is 0 Å². The first-order valence-electron chi connectivity index (χ1n) is 4.55. The Morgan fingerprint density at radius 2 is 2.17 bits per heavy atom. The first-order valence-corrected chi connectivity index (χ1v) is 4.55. The second-order valence-electron chi connectivity index (χ2n) is 3.15. The number of piperazine rings is 1. The molecule has 72 valence electrons. The van der Waals surface area contributed by atoms with Crippen molar-refractivity contribution >= 4 is 0 Å². The van der Waals surface area contributed by atoms with Crippen LogP contribution in [-0.2, 0) is 4.84 Å². The van der Waals surface area contributed by atoms with Crippen LogP contribution in [0.3, 0.4) is 0 Å². The van der Waals surface area contributed by atoms with Crippen LogP contribution < -0.4 is 5.32 Å². The van der Waals surface area contributed by atoms with Crippen LogP contribution >= 0.6 is 0 Å². The van der Waals surface area contributed by atoms with Crippen molar-refractivity contribution in [3.63, 3.8) is 0 Å². The predicted molar refractivity (Wildman–Crippen MR) is 46.7 cm³/mol. The molecule has 0 spiro atoms. The Bertz CT molecular complexity index is 114. The van der Waals surface area contributed by atoms with E-state index in [1.54, 1.807) is 6.92 Å². The predicted octanol–water partition coefficient (Wildman–Crippen LogP) is -0.406. The summed E-state index contributed by atoms with van der Waals surface area (Å²) in [5, 5.41) is 14.2. The van der Waals surface area contributed by atoms with Crippen LogP contribution in [0.2, 0.25) is 0 Å². The third-order valence-corrected chi connectivity index (χ3v) is 1.89. The van der Waals surface area contributed by atoms with Gasteiger partial charge in [-0.1, -0.05) is 0 Å². The van der Waals surface area contributed by atoms with E-state index in [4.69, 9.17) is 9.94 Å². The number of rotatable bonds is 4. The number of hydrogen-bond acceptors (Lipinski definition) is 4. The molecule has 1 saturated heterocycles. The van der Waals surface area contributed by atoms with Crippen molar-refractivity contribution in [1.29, 1.82) is 0 Å². The Morgan fingerprint density at radius 3 is 2.75 bits per heavy atom. The molecule has 0 radical (unpaired) electrons. The summed E-state index contributed by atoms with van der Waals surface area (Å²) in [5.41, 5.74) is 0. The molecule has 0 amide bonds.